The molecule has 0 aromatic heterocycles. The fraction of sp³-hybridized carbons (Fsp3) is 0.909. The number of rotatable bonds is 43. The lowest BCUT2D eigenvalue weighted by Gasteiger charge is -2.19. The van der Waals surface area contributed by atoms with E-state index < -0.39 is 26.5 Å². The van der Waals surface area contributed by atoms with Crippen LogP contribution in [0.2, 0.25) is 0 Å². The molecule has 0 aliphatic heterocycles. The number of ether oxygens (including phenoxy) is 2. The molecule has 0 fully saturated rings. The Morgan fingerprint density at radius 3 is 1.33 bits per heavy atom. The van der Waals surface area contributed by atoms with E-state index in [2.05, 4.69) is 26.0 Å². The molecule has 0 aliphatic rings. The third-order valence-electron chi connectivity index (χ3n) is 9.90. The molecule has 0 aromatic carbocycles. The Kier molecular flexibility index (Phi) is 40.4. The molecule has 9 nitrogen and oxygen atoms in total. The highest BCUT2D eigenvalue weighted by Gasteiger charge is 2.26. The summed E-state index contributed by atoms with van der Waals surface area (Å²) in [5, 5.41) is 0. The highest BCUT2D eigenvalue weighted by molar-refractivity contribution is 7.47. The lowest BCUT2D eigenvalue weighted by molar-refractivity contribution is -0.161. The number of phosphoric ester groups is 1. The molecule has 0 bridgehead atoms. The Labute approximate surface area is 332 Å². The van der Waals surface area contributed by atoms with E-state index in [-0.39, 0.29) is 38.6 Å². The Morgan fingerprint density at radius 2 is 0.907 bits per heavy atom. The predicted octanol–water partition coefficient (Wildman–Crippen LogP) is 13.0. The van der Waals surface area contributed by atoms with Crippen LogP contribution in [-0.2, 0) is 32.7 Å². The smallest absolute Gasteiger partial charge is 0.462 e. The van der Waals surface area contributed by atoms with Crippen LogP contribution in [0.5, 0.6) is 0 Å². The summed E-state index contributed by atoms with van der Waals surface area (Å²) in [4.78, 5) is 34.9. The molecule has 0 rings (SSSR count). The topological polar surface area (TPSA) is 134 Å². The summed E-state index contributed by atoms with van der Waals surface area (Å²) < 4.78 is 32.8. The van der Waals surface area contributed by atoms with Crippen molar-refractivity contribution in [3.63, 3.8) is 0 Å². The highest BCUT2D eigenvalue weighted by atomic mass is 31.2. The van der Waals surface area contributed by atoms with Gasteiger partial charge in [0.25, 0.3) is 0 Å². The first kappa shape index (κ1) is 52.8. The first-order chi connectivity index (χ1) is 26.3. The molecule has 0 amide bonds. The van der Waals surface area contributed by atoms with Crippen LogP contribution < -0.4 is 5.73 Å². The van der Waals surface area contributed by atoms with Crippen molar-refractivity contribution in [2.75, 3.05) is 26.4 Å². The van der Waals surface area contributed by atoms with Crippen LogP contribution >= 0.6 is 7.82 Å². The van der Waals surface area contributed by atoms with Gasteiger partial charge in [-0.05, 0) is 38.5 Å². The molecule has 3 N–H and O–H groups in total. The summed E-state index contributed by atoms with van der Waals surface area (Å²) in [6, 6.07) is 0. The third-order valence-corrected chi connectivity index (χ3v) is 10.9. The fourth-order valence-electron chi connectivity index (χ4n) is 6.51. The van der Waals surface area contributed by atoms with Gasteiger partial charge in [0.1, 0.15) is 6.61 Å². The molecule has 10 heteroatoms. The fourth-order valence-corrected chi connectivity index (χ4v) is 7.28. The van der Waals surface area contributed by atoms with Crippen LogP contribution in [0.25, 0.3) is 0 Å². The number of carbonyl (C=O) groups excluding carboxylic acids is 2. The van der Waals surface area contributed by atoms with E-state index in [4.69, 9.17) is 24.3 Å². The van der Waals surface area contributed by atoms with Crippen molar-refractivity contribution in [3.05, 3.63) is 12.2 Å². The molecule has 0 spiro atoms. The van der Waals surface area contributed by atoms with Gasteiger partial charge in [-0.25, -0.2) is 4.57 Å². The molecule has 0 aromatic rings. The van der Waals surface area contributed by atoms with E-state index in [1.165, 1.54) is 148 Å². The molecule has 0 radical (unpaired) electrons. The van der Waals surface area contributed by atoms with E-state index in [1.807, 2.05) is 0 Å². The van der Waals surface area contributed by atoms with Gasteiger partial charge in [0.05, 0.1) is 13.2 Å². The van der Waals surface area contributed by atoms with Gasteiger partial charge in [-0.1, -0.05) is 187 Å². The van der Waals surface area contributed by atoms with Gasteiger partial charge in [-0.15, -0.1) is 0 Å². The number of hydrogen-bond acceptors (Lipinski definition) is 8. The summed E-state index contributed by atoms with van der Waals surface area (Å²) in [5.74, 6) is -0.835. The summed E-state index contributed by atoms with van der Waals surface area (Å²) >= 11 is 0. The van der Waals surface area contributed by atoms with E-state index in [1.54, 1.807) is 0 Å². The van der Waals surface area contributed by atoms with Crippen molar-refractivity contribution in [1.29, 1.82) is 0 Å². The molecule has 0 aliphatic carbocycles. The van der Waals surface area contributed by atoms with E-state index >= 15 is 0 Å². The number of allylic oxidation sites excluding steroid dienone is 2. The predicted molar refractivity (Wildman–Crippen MR) is 224 cm³/mol. The average Bonchev–Trinajstić information content (AvgIpc) is 3.16. The Balaban J connectivity index is 4.10. The highest BCUT2D eigenvalue weighted by Crippen LogP contribution is 2.43. The van der Waals surface area contributed by atoms with Crippen LogP contribution in [0.1, 0.15) is 226 Å². The van der Waals surface area contributed by atoms with E-state index in [0.29, 0.717) is 6.42 Å². The van der Waals surface area contributed by atoms with Crippen LogP contribution in [0, 0.1) is 0 Å². The van der Waals surface area contributed by atoms with Gasteiger partial charge in [0.15, 0.2) is 6.10 Å². The molecule has 320 valence electrons. The third kappa shape index (κ3) is 40.4. The van der Waals surface area contributed by atoms with Gasteiger partial charge in [-0.2, -0.15) is 0 Å². The number of phosphoric acid groups is 1. The van der Waals surface area contributed by atoms with Gasteiger partial charge in [-0.3, -0.25) is 18.6 Å². The standard InChI is InChI=1S/C44H86NO8P/c1-3-5-7-9-11-13-15-17-19-20-21-23-24-26-28-30-32-34-36-43(46)50-40-42(41-52-54(48,49)51-39-38-45)53-44(47)37-35-33-31-29-27-25-22-18-16-14-12-10-8-6-4-2/h25,27,42H,3-24,26,28-41,45H2,1-2H3,(H,48,49)/b27-25+/t42-/m1/s1. The molecular formula is C44H86NO8P. The maximum Gasteiger partial charge on any atom is 0.472 e. The van der Waals surface area contributed by atoms with Crippen molar-refractivity contribution >= 4 is 19.8 Å². The normalized spacial score (nSPS) is 13.3. The largest absolute Gasteiger partial charge is 0.472 e. The first-order valence-corrected chi connectivity index (χ1v) is 24.2. The van der Waals surface area contributed by atoms with Gasteiger partial charge < -0.3 is 20.1 Å². The number of hydrogen-bond donors (Lipinski definition) is 2. The second-order valence-electron chi connectivity index (χ2n) is 15.3. The number of nitrogens with two attached hydrogens (primary N) is 1. The first-order valence-electron chi connectivity index (χ1n) is 22.7. The Morgan fingerprint density at radius 1 is 0.537 bits per heavy atom. The minimum atomic E-state index is -4.37. The van der Waals surface area contributed by atoms with Gasteiger partial charge >= 0.3 is 19.8 Å². The zero-order chi connectivity index (χ0) is 39.6. The maximum atomic E-state index is 12.6. The second kappa shape index (κ2) is 41.4. The molecule has 2 atom stereocenters. The monoisotopic (exact) mass is 788 g/mol. The summed E-state index contributed by atoms with van der Waals surface area (Å²) in [7, 11) is -4.37. The SMILES string of the molecule is CCCCCCCCCC/C=C/CCCCCC(=O)O[C@H](COC(=O)CCCCCCCCCCCCCCCCCCCC)COP(=O)(O)OCCN. The quantitative estimate of drug-likeness (QED) is 0.0268. The molecule has 0 heterocycles. The van der Waals surface area contributed by atoms with Crippen LogP contribution in [0.4, 0.5) is 0 Å². The molecular weight excluding hydrogens is 701 g/mol. The van der Waals surface area contributed by atoms with Gasteiger partial charge in [0.2, 0.25) is 0 Å². The van der Waals surface area contributed by atoms with Crippen LogP contribution in [-0.4, -0.2) is 49.3 Å². The summed E-state index contributed by atoms with van der Waals surface area (Å²) in [6.07, 6.45) is 42.4. The zero-order valence-electron chi connectivity index (χ0n) is 35.2. The van der Waals surface area contributed by atoms with Crippen molar-refractivity contribution < 1.29 is 37.6 Å². The van der Waals surface area contributed by atoms with Crippen LogP contribution in [0.15, 0.2) is 12.2 Å². The molecule has 1 unspecified atom stereocenters. The maximum absolute atomic E-state index is 12.6. The van der Waals surface area contributed by atoms with Crippen molar-refractivity contribution in [1.82, 2.24) is 0 Å². The number of carbonyl (C=O) groups is 2. The average molecular weight is 788 g/mol. The van der Waals surface area contributed by atoms with Crippen molar-refractivity contribution in [3.8, 4) is 0 Å². The Hall–Kier alpha value is -1.25. The minimum Gasteiger partial charge on any atom is -0.462 e. The second-order valence-corrected chi connectivity index (χ2v) is 16.7. The molecule has 0 saturated heterocycles. The molecule has 0 saturated carbocycles. The summed E-state index contributed by atoms with van der Waals surface area (Å²) in [5.41, 5.74) is 5.35. The van der Waals surface area contributed by atoms with Crippen molar-refractivity contribution in [2.45, 2.75) is 232 Å². The van der Waals surface area contributed by atoms with E-state index in [9.17, 15) is 19.0 Å². The minimum absolute atomic E-state index is 0.0540. The summed E-state index contributed by atoms with van der Waals surface area (Å²) in [6.45, 7) is 3.75. The van der Waals surface area contributed by atoms with Gasteiger partial charge in [0, 0.05) is 19.4 Å². The van der Waals surface area contributed by atoms with Crippen molar-refractivity contribution in [2.24, 2.45) is 5.73 Å². The Bertz CT molecular complexity index is 902. The van der Waals surface area contributed by atoms with Crippen LogP contribution in [0.3, 0.4) is 0 Å². The van der Waals surface area contributed by atoms with E-state index in [0.717, 1.165) is 44.9 Å². The number of esters is 2. The molecule has 54 heavy (non-hydrogen) atoms. The zero-order valence-corrected chi connectivity index (χ0v) is 36.1. The lowest BCUT2D eigenvalue weighted by atomic mass is 10.0. The lowest BCUT2D eigenvalue weighted by Crippen LogP contribution is -2.29. The number of unbranched alkanes of at least 4 members (excludes halogenated alkanes) is 28.